The summed E-state index contributed by atoms with van der Waals surface area (Å²) in [4.78, 5) is 50.2. The van der Waals surface area contributed by atoms with Crippen LogP contribution in [0.2, 0.25) is 5.02 Å². The Bertz CT molecular complexity index is 1400. The van der Waals surface area contributed by atoms with Crippen LogP contribution in [0.3, 0.4) is 0 Å². The van der Waals surface area contributed by atoms with Gasteiger partial charge in [0.1, 0.15) is 11.8 Å². The molecule has 1 aromatic carbocycles. The number of aromatic amines is 1. The first-order valence-electron chi connectivity index (χ1n) is 12.5. The lowest BCUT2D eigenvalue weighted by molar-refractivity contribution is -0.152. The summed E-state index contributed by atoms with van der Waals surface area (Å²) in [5.74, 6) is -0.205. The summed E-state index contributed by atoms with van der Waals surface area (Å²) >= 11 is 6.41. The van der Waals surface area contributed by atoms with Crippen molar-refractivity contribution in [1.82, 2.24) is 19.8 Å². The molecule has 2 fully saturated rings. The number of piperidine rings is 1. The minimum absolute atomic E-state index is 0.0676. The number of likely N-dealkylation sites (tertiary alicyclic amines) is 1. The molecule has 0 aliphatic carbocycles. The van der Waals surface area contributed by atoms with Crippen molar-refractivity contribution in [1.29, 1.82) is 0 Å². The van der Waals surface area contributed by atoms with Crippen LogP contribution in [0.4, 0.5) is 5.69 Å². The second kappa shape index (κ2) is 9.38. The van der Waals surface area contributed by atoms with E-state index in [1.807, 2.05) is 44.7 Å². The van der Waals surface area contributed by atoms with Crippen LogP contribution in [0.15, 0.2) is 30.6 Å². The van der Waals surface area contributed by atoms with E-state index < -0.39 is 17.1 Å². The Morgan fingerprint density at radius 3 is 2.76 bits per heavy atom. The average Bonchev–Trinajstić information content (AvgIpc) is 3.19. The molecule has 1 unspecified atom stereocenters. The predicted molar refractivity (Wildman–Crippen MR) is 143 cm³/mol. The molecule has 1 atom stereocenters. The number of hydrogen-bond donors (Lipinski definition) is 2. The summed E-state index contributed by atoms with van der Waals surface area (Å²) in [5, 5.41) is 5.36. The van der Waals surface area contributed by atoms with Crippen LogP contribution in [0.1, 0.15) is 34.1 Å². The van der Waals surface area contributed by atoms with Crippen LogP contribution >= 0.6 is 11.6 Å². The zero-order valence-electron chi connectivity index (χ0n) is 21.6. The molecule has 2 N–H and O–H groups in total. The first-order chi connectivity index (χ1) is 17.4. The third-order valence-corrected chi connectivity index (χ3v) is 7.55. The van der Waals surface area contributed by atoms with Crippen molar-refractivity contribution < 1.29 is 19.1 Å². The number of benzene rings is 1. The third-order valence-electron chi connectivity index (χ3n) is 7.33. The van der Waals surface area contributed by atoms with E-state index in [1.165, 1.54) is 0 Å². The summed E-state index contributed by atoms with van der Waals surface area (Å²) in [7, 11) is 0. The molecular formula is C27H32ClN5O4. The highest BCUT2D eigenvalue weighted by atomic mass is 35.5. The second-order valence-corrected chi connectivity index (χ2v) is 11.7. The molecule has 37 heavy (non-hydrogen) atoms. The molecule has 10 heteroatoms. The number of Topliss-reactive ketones (excluding diaryl/α,β-unsaturated/α-hetero) is 1. The van der Waals surface area contributed by atoms with Gasteiger partial charge in [-0.25, -0.2) is 0 Å². The third kappa shape index (κ3) is 5.08. The number of anilines is 1. The Hall–Kier alpha value is -3.01. The number of nitrogens with zero attached hydrogens (tertiary/aromatic N) is 3. The summed E-state index contributed by atoms with van der Waals surface area (Å²) in [6.07, 6.45) is 3.79. The Labute approximate surface area is 220 Å². The van der Waals surface area contributed by atoms with Gasteiger partial charge in [-0.2, -0.15) is 0 Å². The van der Waals surface area contributed by atoms with Crippen molar-refractivity contribution in [2.24, 2.45) is 5.41 Å². The molecule has 0 bridgehead atoms. The summed E-state index contributed by atoms with van der Waals surface area (Å²) in [6, 6.07) is 4.79. The number of carbonyl (C=O) groups excluding carboxylic acids is 3. The fraction of sp³-hybridized carbons (Fsp3) is 0.481. The number of H-pyrrole nitrogens is 1. The SMILES string of the molecule is CC1(C)CN(CC(=O)N2CCC(=O)C(C)(C)C2)C(C(=O)Nc2cc(Cl)cc3c2[nH]c2cnccc23)CO1. The highest BCUT2D eigenvalue weighted by Crippen LogP contribution is 2.34. The molecule has 2 aliphatic rings. The van der Waals surface area contributed by atoms with Crippen LogP contribution < -0.4 is 5.32 Å². The lowest BCUT2D eigenvalue weighted by Crippen LogP contribution is -2.61. The molecule has 2 saturated heterocycles. The Balaban J connectivity index is 1.38. The van der Waals surface area contributed by atoms with Crippen molar-refractivity contribution in [3.05, 3.63) is 35.6 Å². The maximum Gasteiger partial charge on any atom is 0.244 e. The van der Waals surface area contributed by atoms with Crippen LogP contribution in [-0.2, 0) is 19.1 Å². The number of amides is 2. The van der Waals surface area contributed by atoms with Gasteiger partial charge < -0.3 is 19.9 Å². The fourth-order valence-corrected chi connectivity index (χ4v) is 5.52. The van der Waals surface area contributed by atoms with E-state index in [4.69, 9.17) is 16.3 Å². The maximum absolute atomic E-state index is 13.6. The van der Waals surface area contributed by atoms with Crippen LogP contribution in [-0.4, -0.2) is 81.8 Å². The molecule has 0 saturated carbocycles. The maximum atomic E-state index is 13.6. The minimum atomic E-state index is -0.670. The van der Waals surface area contributed by atoms with Crippen molar-refractivity contribution in [3.8, 4) is 0 Å². The van der Waals surface area contributed by atoms with Crippen LogP contribution in [0.5, 0.6) is 0 Å². The number of aromatic nitrogens is 2. The topological polar surface area (TPSA) is 108 Å². The summed E-state index contributed by atoms with van der Waals surface area (Å²) in [6.45, 7) is 9.04. The number of rotatable bonds is 4. The van der Waals surface area contributed by atoms with Gasteiger partial charge in [-0.15, -0.1) is 0 Å². The predicted octanol–water partition coefficient (Wildman–Crippen LogP) is 3.62. The highest BCUT2D eigenvalue weighted by molar-refractivity contribution is 6.33. The average molecular weight is 526 g/mol. The smallest absolute Gasteiger partial charge is 0.244 e. The number of carbonyl (C=O) groups is 3. The normalized spacial score (nSPS) is 21.9. The molecule has 2 aromatic heterocycles. The molecule has 5 rings (SSSR count). The molecule has 4 heterocycles. The number of pyridine rings is 1. The van der Waals surface area contributed by atoms with Gasteiger partial charge in [0.05, 0.1) is 41.7 Å². The molecule has 0 radical (unpaired) electrons. The molecule has 2 amide bonds. The van der Waals surface area contributed by atoms with E-state index in [0.29, 0.717) is 36.8 Å². The van der Waals surface area contributed by atoms with E-state index >= 15 is 0 Å². The fourth-order valence-electron chi connectivity index (χ4n) is 5.30. The number of halogens is 1. The first-order valence-corrected chi connectivity index (χ1v) is 12.9. The van der Waals surface area contributed by atoms with Gasteiger partial charge in [0.15, 0.2) is 0 Å². The van der Waals surface area contributed by atoms with E-state index in [-0.39, 0.29) is 30.7 Å². The Morgan fingerprint density at radius 1 is 1.22 bits per heavy atom. The van der Waals surface area contributed by atoms with Gasteiger partial charge >= 0.3 is 0 Å². The molecule has 2 aliphatic heterocycles. The van der Waals surface area contributed by atoms with Gasteiger partial charge in [-0.1, -0.05) is 25.4 Å². The largest absolute Gasteiger partial charge is 0.372 e. The molecular weight excluding hydrogens is 494 g/mol. The number of ketones is 1. The lowest BCUT2D eigenvalue weighted by Gasteiger charge is -2.44. The molecule has 196 valence electrons. The number of ether oxygens (including phenoxy) is 1. The van der Waals surface area contributed by atoms with Crippen molar-refractivity contribution in [2.75, 3.05) is 38.1 Å². The van der Waals surface area contributed by atoms with Crippen LogP contribution in [0.25, 0.3) is 21.8 Å². The Kier molecular flexibility index (Phi) is 6.50. The monoisotopic (exact) mass is 525 g/mol. The lowest BCUT2D eigenvalue weighted by atomic mass is 9.83. The summed E-state index contributed by atoms with van der Waals surface area (Å²) < 4.78 is 5.99. The quantitative estimate of drug-likeness (QED) is 0.539. The van der Waals surface area contributed by atoms with Gasteiger partial charge in [0, 0.05) is 53.5 Å². The zero-order chi connectivity index (χ0) is 26.5. The van der Waals surface area contributed by atoms with E-state index in [2.05, 4.69) is 15.3 Å². The van der Waals surface area contributed by atoms with Crippen molar-refractivity contribution in [3.63, 3.8) is 0 Å². The first kappa shape index (κ1) is 25.6. The van der Waals surface area contributed by atoms with Gasteiger partial charge in [-0.3, -0.25) is 24.3 Å². The number of hydrogen-bond acceptors (Lipinski definition) is 6. The molecule has 0 spiro atoms. The van der Waals surface area contributed by atoms with E-state index in [1.54, 1.807) is 23.4 Å². The van der Waals surface area contributed by atoms with E-state index in [0.717, 1.165) is 21.8 Å². The second-order valence-electron chi connectivity index (χ2n) is 11.3. The Morgan fingerprint density at radius 2 is 2.00 bits per heavy atom. The molecule has 3 aromatic rings. The van der Waals surface area contributed by atoms with Crippen molar-refractivity contribution >= 4 is 56.7 Å². The highest BCUT2D eigenvalue weighted by Gasteiger charge is 2.41. The van der Waals surface area contributed by atoms with Gasteiger partial charge in [-0.05, 0) is 32.0 Å². The van der Waals surface area contributed by atoms with E-state index in [9.17, 15) is 14.4 Å². The van der Waals surface area contributed by atoms with Gasteiger partial charge in [0.25, 0.3) is 0 Å². The van der Waals surface area contributed by atoms with Crippen LogP contribution in [0, 0.1) is 5.41 Å². The molecule has 9 nitrogen and oxygen atoms in total. The van der Waals surface area contributed by atoms with Gasteiger partial charge in [0.2, 0.25) is 11.8 Å². The number of morpholine rings is 1. The number of nitrogens with one attached hydrogen (secondary N) is 2. The number of fused-ring (bicyclic) bond motifs is 3. The van der Waals surface area contributed by atoms with Crippen molar-refractivity contribution in [2.45, 2.75) is 45.8 Å². The standard InChI is InChI=1S/C27H32ClN5O4/c1-26(2)14-32(8-6-22(26)34)23(35)12-33-15-27(3,4)37-13-21(33)25(36)31-19-10-16(28)9-18-17-5-7-29-11-20(17)30-24(18)19/h5,7,9-11,21,30H,6,8,12-15H2,1-4H3,(H,31,36). The minimum Gasteiger partial charge on any atom is -0.372 e. The zero-order valence-corrected chi connectivity index (χ0v) is 22.3. The summed E-state index contributed by atoms with van der Waals surface area (Å²) in [5.41, 5.74) is 1.06.